The summed E-state index contributed by atoms with van der Waals surface area (Å²) < 4.78 is 5.85. The van der Waals surface area contributed by atoms with Crippen molar-refractivity contribution in [1.82, 2.24) is 9.80 Å². The first-order valence-corrected chi connectivity index (χ1v) is 10.2. The van der Waals surface area contributed by atoms with Gasteiger partial charge in [-0.25, -0.2) is 0 Å². The number of hydrogen-bond acceptors (Lipinski definition) is 4. The van der Waals surface area contributed by atoms with Crippen molar-refractivity contribution in [2.75, 3.05) is 39.3 Å². The first-order valence-electron chi connectivity index (χ1n) is 9.30. The van der Waals surface area contributed by atoms with Crippen LogP contribution in [0.2, 0.25) is 0 Å². The smallest absolute Gasteiger partial charge is 0.0678 e. The molecule has 0 radical (unpaired) electrons. The van der Waals surface area contributed by atoms with Crippen LogP contribution in [0.25, 0.3) is 0 Å². The molecule has 0 spiro atoms. The molecule has 2 saturated heterocycles. The summed E-state index contributed by atoms with van der Waals surface area (Å²) in [6.45, 7) is 11.8. The number of likely N-dealkylation sites (tertiary alicyclic amines) is 1. The van der Waals surface area contributed by atoms with Gasteiger partial charge in [-0.15, -0.1) is 0 Å². The SMILES string of the molecule is CC1CN(CC2CCN(CCCc3ccsc3)CC2)CC(C)O1. The van der Waals surface area contributed by atoms with Gasteiger partial charge in [-0.1, -0.05) is 0 Å². The van der Waals surface area contributed by atoms with Crippen molar-refractivity contribution < 1.29 is 4.74 Å². The highest BCUT2D eigenvalue weighted by Crippen LogP contribution is 2.21. The lowest BCUT2D eigenvalue weighted by atomic mass is 9.95. The first-order chi connectivity index (χ1) is 11.2. The number of ether oxygens (including phenoxy) is 1. The molecule has 0 bridgehead atoms. The van der Waals surface area contributed by atoms with Crippen molar-refractivity contribution in [3.05, 3.63) is 22.4 Å². The van der Waals surface area contributed by atoms with E-state index in [0.29, 0.717) is 12.2 Å². The molecule has 0 aliphatic carbocycles. The molecule has 3 heterocycles. The predicted molar refractivity (Wildman–Crippen MR) is 98.3 cm³/mol. The fourth-order valence-corrected chi connectivity index (χ4v) is 4.84. The van der Waals surface area contributed by atoms with Crippen molar-refractivity contribution in [2.45, 2.75) is 51.7 Å². The standard InChI is InChI=1S/C19H32N2OS/c1-16-12-21(13-17(2)22-16)14-18-5-9-20(10-6-18)8-3-4-19-7-11-23-15-19/h7,11,15-18H,3-6,8-10,12-14H2,1-2H3. The van der Waals surface area contributed by atoms with E-state index in [1.54, 1.807) is 0 Å². The third kappa shape index (κ3) is 5.56. The number of rotatable bonds is 6. The Morgan fingerprint density at radius 2 is 1.87 bits per heavy atom. The van der Waals surface area contributed by atoms with Gasteiger partial charge in [0.05, 0.1) is 12.2 Å². The van der Waals surface area contributed by atoms with E-state index in [-0.39, 0.29) is 0 Å². The van der Waals surface area contributed by atoms with Gasteiger partial charge in [-0.3, -0.25) is 4.90 Å². The lowest BCUT2D eigenvalue weighted by molar-refractivity contribution is -0.0731. The number of nitrogens with zero attached hydrogens (tertiary/aromatic N) is 2. The zero-order chi connectivity index (χ0) is 16.1. The van der Waals surface area contributed by atoms with Gasteiger partial charge in [0.2, 0.25) is 0 Å². The molecule has 130 valence electrons. The molecule has 1 aromatic rings. The molecule has 2 atom stereocenters. The van der Waals surface area contributed by atoms with Crippen LogP contribution in [0.4, 0.5) is 0 Å². The Morgan fingerprint density at radius 3 is 2.52 bits per heavy atom. The van der Waals surface area contributed by atoms with Crippen LogP contribution in [0.5, 0.6) is 0 Å². The van der Waals surface area contributed by atoms with E-state index in [4.69, 9.17) is 4.74 Å². The molecule has 3 rings (SSSR count). The van der Waals surface area contributed by atoms with E-state index >= 15 is 0 Å². The minimum absolute atomic E-state index is 0.399. The molecule has 4 heteroatoms. The zero-order valence-corrected chi connectivity index (χ0v) is 15.6. The van der Waals surface area contributed by atoms with E-state index in [0.717, 1.165) is 19.0 Å². The van der Waals surface area contributed by atoms with Gasteiger partial charge < -0.3 is 9.64 Å². The largest absolute Gasteiger partial charge is 0.373 e. The molecule has 2 fully saturated rings. The highest BCUT2D eigenvalue weighted by molar-refractivity contribution is 7.07. The third-order valence-electron chi connectivity index (χ3n) is 5.24. The van der Waals surface area contributed by atoms with Crippen LogP contribution in [-0.4, -0.2) is 61.3 Å². The normalized spacial score (nSPS) is 28.3. The topological polar surface area (TPSA) is 15.7 Å². The molecule has 2 unspecified atom stereocenters. The van der Waals surface area contributed by atoms with Crippen LogP contribution < -0.4 is 0 Å². The van der Waals surface area contributed by atoms with Crippen LogP contribution in [0.1, 0.15) is 38.7 Å². The molecule has 23 heavy (non-hydrogen) atoms. The van der Waals surface area contributed by atoms with E-state index in [9.17, 15) is 0 Å². The highest BCUT2D eigenvalue weighted by atomic mass is 32.1. The number of piperidine rings is 1. The summed E-state index contributed by atoms with van der Waals surface area (Å²) in [6, 6.07) is 2.27. The van der Waals surface area contributed by atoms with E-state index in [2.05, 4.69) is 40.5 Å². The molecular weight excluding hydrogens is 304 g/mol. The summed E-state index contributed by atoms with van der Waals surface area (Å²) in [6.07, 6.45) is 6.09. The molecule has 0 amide bonds. The molecule has 2 aliphatic rings. The van der Waals surface area contributed by atoms with Crippen molar-refractivity contribution in [1.29, 1.82) is 0 Å². The molecule has 0 N–H and O–H groups in total. The maximum absolute atomic E-state index is 5.85. The number of aryl methyl sites for hydroxylation is 1. The van der Waals surface area contributed by atoms with Crippen LogP contribution in [0.3, 0.4) is 0 Å². The molecule has 3 nitrogen and oxygen atoms in total. The van der Waals surface area contributed by atoms with Gasteiger partial charge in [-0.05, 0) is 87.5 Å². The third-order valence-corrected chi connectivity index (χ3v) is 5.97. The second kappa shape index (κ2) is 8.61. The summed E-state index contributed by atoms with van der Waals surface area (Å²) in [7, 11) is 0. The van der Waals surface area contributed by atoms with Crippen molar-refractivity contribution in [3.8, 4) is 0 Å². The molecule has 0 saturated carbocycles. The van der Waals surface area contributed by atoms with Crippen LogP contribution in [0, 0.1) is 5.92 Å². The van der Waals surface area contributed by atoms with Crippen molar-refractivity contribution in [2.24, 2.45) is 5.92 Å². The summed E-state index contributed by atoms with van der Waals surface area (Å²) in [4.78, 5) is 5.31. The van der Waals surface area contributed by atoms with Gasteiger partial charge in [0, 0.05) is 19.6 Å². The van der Waals surface area contributed by atoms with Gasteiger partial charge in [0.15, 0.2) is 0 Å². The quantitative estimate of drug-likeness (QED) is 0.791. The zero-order valence-electron chi connectivity index (χ0n) is 14.7. The van der Waals surface area contributed by atoms with Gasteiger partial charge in [-0.2, -0.15) is 11.3 Å². The number of hydrogen-bond donors (Lipinski definition) is 0. The minimum Gasteiger partial charge on any atom is -0.373 e. The van der Waals surface area contributed by atoms with Crippen LogP contribution >= 0.6 is 11.3 Å². The van der Waals surface area contributed by atoms with E-state index in [1.165, 1.54) is 57.4 Å². The van der Waals surface area contributed by atoms with Crippen LogP contribution in [-0.2, 0) is 11.2 Å². The first kappa shape index (κ1) is 17.4. The Balaban J connectivity index is 1.32. The molecule has 2 aliphatic heterocycles. The fraction of sp³-hybridized carbons (Fsp3) is 0.789. The Labute approximate surface area is 145 Å². The van der Waals surface area contributed by atoms with Crippen LogP contribution in [0.15, 0.2) is 16.8 Å². The average molecular weight is 337 g/mol. The minimum atomic E-state index is 0.399. The van der Waals surface area contributed by atoms with Gasteiger partial charge in [0.25, 0.3) is 0 Å². The average Bonchev–Trinajstić information content (AvgIpc) is 3.01. The maximum Gasteiger partial charge on any atom is 0.0678 e. The molecule has 0 aromatic carbocycles. The van der Waals surface area contributed by atoms with Crippen molar-refractivity contribution in [3.63, 3.8) is 0 Å². The second-order valence-corrected chi connectivity index (χ2v) is 8.28. The Bertz CT molecular complexity index is 432. The van der Waals surface area contributed by atoms with E-state index in [1.807, 2.05) is 11.3 Å². The Kier molecular flexibility index (Phi) is 6.52. The number of morpholine rings is 1. The second-order valence-electron chi connectivity index (χ2n) is 7.50. The summed E-state index contributed by atoms with van der Waals surface area (Å²) in [5, 5.41) is 4.48. The fourth-order valence-electron chi connectivity index (χ4n) is 4.13. The monoisotopic (exact) mass is 336 g/mol. The summed E-state index contributed by atoms with van der Waals surface area (Å²) in [5.41, 5.74) is 1.51. The maximum atomic E-state index is 5.85. The molecule has 1 aromatic heterocycles. The van der Waals surface area contributed by atoms with Gasteiger partial charge >= 0.3 is 0 Å². The molecular formula is C19H32N2OS. The Morgan fingerprint density at radius 1 is 1.13 bits per heavy atom. The summed E-state index contributed by atoms with van der Waals surface area (Å²) in [5.74, 6) is 0.889. The van der Waals surface area contributed by atoms with Gasteiger partial charge in [0.1, 0.15) is 0 Å². The Hall–Kier alpha value is -0.420. The lowest BCUT2D eigenvalue weighted by Crippen LogP contribution is -2.48. The van der Waals surface area contributed by atoms with E-state index < -0.39 is 0 Å². The van der Waals surface area contributed by atoms with Crippen molar-refractivity contribution >= 4 is 11.3 Å². The lowest BCUT2D eigenvalue weighted by Gasteiger charge is -2.39. The predicted octanol–water partition coefficient (Wildman–Crippen LogP) is 3.50. The number of thiophene rings is 1. The highest BCUT2D eigenvalue weighted by Gasteiger charge is 2.26. The summed E-state index contributed by atoms with van der Waals surface area (Å²) >= 11 is 1.82.